The van der Waals surface area contributed by atoms with E-state index in [1.165, 1.54) is 16.7 Å². The van der Waals surface area contributed by atoms with Crippen LogP contribution in [0.25, 0.3) is 5.69 Å². The molecule has 0 atom stereocenters. The third-order valence-electron chi connectivity index (χ3n) is 5.44. The van der Waals surface area contributed by atoms with E-state index in [4.69, 9.17) is 0 Å². The Balaban J connectivity index is 1.57. The number of hydrogen-bond donors (Lipinski definition) is 1. The van der Waals surface area contributed by atoms with Crippen LogP contribution in [0.5, 0.6) is 0 Å². The predicted molar refractivity (Wildman–Crippen MR) is 113 cm³/mol. The largest absolute Gasteiger partial charge is 0.351 e. The first kappa shape index (κ1) is 19.3. The van der Waals surface area contributed by atoms with Crippen molar-refractivity contribution in [1.82, 2.24) is 25.2 Å². The number of rotatable bonds is 6. The molecule has 0 unspecified atom stereocenters. The summed E-state index contributed by atoms with van der Waals surface area (Å²) in [4.78, 5) is 14.8. The van der Waals surface area contributed by atoms with E-state index in [-0.39, 0.29) is 5.91 Å². The molecule has 3 aromatic rings. The Kier molecular flexibility index (Phi) is 5.71. The van der Waals surface area contributed by atoms with Crippen LogP contribution in [0.2, 0.25) is 0 Å². The van der Waals surface area contributed by atoms with E-state index in [2.05, 4.69) is 69.1 Å². The summed E-state index contributed by atoms with van der Waals surface area (Å²) in [5, 5.41) is 11.3. The van der Waals surface area contributed by atoms with Gasteiger partial charge in [-0.05, 0) is 42.5 Å². The molecular formula is C23H27N5O. The summed E-state index contributed by atoms with van der Waals surface area (Å²) < 4.78 is 1.81. The second-order valence-corrected chi connectivity index (χ2v) is 7.55. The van der Waals surface area contributed by atoms with Crippen molar-refractivity contribution in [2.24, 2.45) is 0 Å². The fraction of sp³-hybridized carbons (Fsp3) is 0.348. The highest BCUT2D eigenvalue weighted by Gasteiger charge is 2.23. The second kappa shape index (κ2) is 8.57. The van der Waals surface area contributed by atoms with Gasteiger partial charge in [0.2, 0.25) is 0 Å². The Morgan fingerprint density at radius 2 is 1.97 bits per heavy atom. The van der Waals surface area contributed by atoms with Gasteiger partial charge in [0.25, 0.3) is 5.91 Å². The second-order valence-electron chi connectivity index (χ2n) is 7.55. The Morgan fingerprint density at radius 3 is 2.76 bits per heavy atom. The van der Waals surface area contributed by atoms with Gasteiger partial charge < -0.3 is 5.32 Å². The number of amides is 1. The van der Waals surface area contributed by atoms with E-state index in [0.29, 0.717) is 12.2 Å². The topological polar surface area (TPSA) is 63.1 Å². The van der Waals surface area contributed by atoms with Gasteiger partial charge in [-0.1, -0.05) is 54.6 Å². The lowest BCUT2D eigenvalue weighted by Crippen LogP contribution is -2.31. The number of fused-ring (bicyclic) bond motifs is 1. The summed E-state index contributed by atoms with van der Waals surface area (Å²) in [5.41, 5.74) is 6.15. The van der Waals surface area contributed by atoms with Gasteiger partial charge in [-0.15, -0.1) is 5.10 Å². The first-order valence-electron chi connectivity index (χ1n) is 10.2. The molecule has 0 saturated heterocycles. The maximum absolute atomic E-state index is 12.3. The SMILES string of the molecule is CCCNC(=O)c1nnn(-c2cccc3c2CCN(Cc2ccccc2)C3)c1C. The van der Waals surface area contributed by atoms with Crippen molar-refractivity contribution in [2.75, 3.05) is 13.1 Å². The molecular weight excluding hydrogens is 362 g/mol. The van der Waals surface area contributed by atoms with Gasteiger partial charge >= 0.3 is 0 Å². The smallest absolute Gasteiger partial charge is 0.273 e. The van der Waals surface area contributed by atoms with E-state index in [1.807, 2.05) is 18.5 Å². The van der Waals surface area contributed by atoms with Crippen LogP contribution < -0.4 is 5.32 Å². The fourth-order valence-electron chi connectivity index (χ4n) is 3.91. The van der Waals surface area contributed by atoms with Crippen LogP contribution in [0, 0.1) is 6.92 Å². The Hall–Kier alpha value is -2.99. The van der Waals surface area contributed by atoms with Gasteiger partial charge in [0.15, 0.2) is 5.69 Å². The summed E-state index contributed by atoms with van der Waals surface area (Å²) >= 11 is 0. The average molecular weight is 390 g/mol. The van der Waals surface area contributed by atoms with Crippen LogP contribution >= 0.6 is 0 Å². The molecule has 0 aliphatic carbocycles. The molecule has 150 valence electrons. The normalized spacial score (nSPS) is 13.9. The van der Waals surface area contributed by atoms with E-state index in [9.17, 15) is 4.79 Å². The molecule has 1 N–H and O–H groups in total. The first-order chi connectivity index (χ1) is 14.2. The molecule has 1 amide bonds. The van der Waals surface area contributed by atoms with Crippen molar-refractivity contribution in [1.29, 1.82) is 0 Å². The molecule has 1 aliphatic heterocycles. The molecule has 1 aromatic heterocycles. The number of carbonyl (C=O) groups excluding carboxylic acids is 1. The number of carbonyl (C=O) groups is 1. The van der Waals surface area contributed by atoms with Crippen molar-refractivity contribution < 1.29 is 4.79 Å². The summed E-state index contributed by atoms with van der Waals surface area (Å²) in [6.07, 6.45) is 1.85. The molecule has 2 heterocycles. The lowest BCUT2D eigenvalue weighted by atomic mass is 9.97. The van der Waals surface area contributed by atoms with Gasteiger partial charge in [0.1, 0.15) is 0 Å². The van der Waals surface area contributed by atoms with E-state index < -0.39 is 0 Å². The highest BCUT2D eigenvalue weighted by Crippen LogP contribution is 2.27. The maximum atomic E-state index is 12.3. The Morgan fingerprint density at radius 1 is 1.14 bits per heavy atom. The van der Waals surface area contributed by atoms with Crippen LogP contribution in [0.1, 0.15) is 46.2 Å². The molecule has 0 saturated carbocycles. The third-order valence-corrected chi connectivity index (χ3v) is 5.44. The zero-order valence-corrected chi connectivity index (χ0v) is 17.1. The monoisotopic (exact) mass is 389 g/mol. The van der Waals surface area contributed by atoms with Gasteiger partial charge in [-0.2, -0.15) is 0 Å². The molecule has 1 aliphatic rings. The molecule has 0 spiro atoms. The van der Waals surface area contributed by atoms with E-state index in [1.54, 1.807) is 0 Å². The molecule has 29 heavy (non-hydrogen) atoms. The minimum Gasteiger partial charge on any atom is -0.351 e. The van der Waals surface area contributed by atoms with Gasteiger partial charge in [0, 0.05) is 26.2 Å². The van der Waals surface area contributed by atoms with Crippen LogP contribution in [-0.4, -0.2) is 38.9 Å². The molecule has 6 heteroatoms. The summed E-state index contributed by atoms with van der Waals surface area (Å²) in [7, 11) is 0. The fourth-order valence-corrected chi connectivity index (χ4v) is 3.91. The van der Waals surface area contributed by atoms with Crippen LogP contribution in [0.4, 0.5) is 0 Å². The van der Waals surface area contributed by atoms with Crippen molar-refractivity contribution in [3.63, 3.8) is 0 Å². The standard InChI is InChI=1S/C23H27N5O/c1-3-13-24-23(29)22-17(2)28(26-25-22)21-11-7-10-19-16-27(14-12-20(19)21)15-18-8-5-4-6-9-18/h4-11H,3,12-16H2,1-2H3,(H,24,29). The molecule has 0 radical (unpaired) electrons. The van der Waals surface area contributed by atoms with E-state index in [0.717, 1.165) is 43.9 Å². The quantitative estimate of drug-likeness (QED) is 0.703. The predicted octanol–water partition coefficient (Wildman–Crippen LogP) is 3.27. The van der Waals surface area contributed by atoms with Crippen molar-refractivity contribution >= 4 is 5.91 Å². The number of aromatic nitrogens is 3. The molecule has 0 bridgehead atoms. The lowest BCUT2D eigenvalue weighted by Gasteiger charge is -2.30. The van der Waals surface area contributed by atoms with Crippen molar-refractivity contribution in [3.05, 3.63) is 76.6 Å². The first-order valence-corrected chi connectivity index (χ1v) is 10.2. The molecule has 2 aromatic carbocycles. The minimum absolute atomic E-state index is 0.158. The van der Waals surface area contributed by atoms with E-state index >= 15 is 0 Å². The zero-order chi connectivity index (χ0) is 20.2. The summed E-state index contributed by atoms with van der Waals surface area (Å²) in [6.45, 7) is 7.44. The average Bonchev–Trinajstić information content (AvgIpc) is 3.13. The van der Waals surface area contributed by atoms with Crippen molar-refractivity contribution in [3.8, 4) is 5.69 Å². The molecule has 4 rings (SSSR count). The number of nitrogens with one attached hydrogen (secondary N) is 1. The highest BCUT2D eigenvalue weighted by molar-refractivity contribution is 5.93. The number of nitrogens with zero attached hydrogens (tertiary/aromatic N) is 4. The third kappa shape index (κ3) is 4.07. The summed E-state index contributed by atoms with van der Waals surface area (Å²) in [6, 6.07) is 16.9. The van der Waals surface area contributed by atoms with Gasteiger partial charge in [-0.3, -0.25) is 9.69 Å². The van der Waals surface area contributed by atoms with Crippen LogP contribution in [0.15, 0.2) is 48.5 Å². The maximum Gasteiger partial charge on any atom is 0.273 e. The van der Waals surface area contributed by atoms with Crippen LogP contribution in [0.3, 0.4) is 0 Å². The lowest BCUT2D eigenvalue weighted by molar-refractivity contribution is 0.0948. The number of benzene rings is 2. The molecule has 6 nitrogen and oxygen atoms in total. The Labute approximate surface area is 171 Å². The van der Waals surface area contributed by atoms with Gasteiger partial charge in [0.05, 0.1) is 11.4 Å². The zero-order valence-electron chi connectivity index (χ0n) is 17.1. The number of hydrogen-bond acceptors (Lipinski definition) is 4. The minimum atomic E-state index is -0.158. The van der Waals surface area contributed by atoms with Gasteiger partial charge in [-0.25, -0.2) is 4.68 Å². The van der Waals surface area contributed by atoms with Crippen molar-refractivity contribution in [2.45, 2.75) is 39.8 Å². The highest BCUT2D eigenvalue weighted by atomic mass is 16.2. The Bertz CT molecular complexity index is 996. The molecule has 0 fully saturated rings. The summed E-state index contributed by atoms with van der Waals surface area (Å²) in [5.74, 6) is -0.158. The van der Waals surface area contributed by atoms with Crippen LogP contribution in [-0.2, 0) is 19.5 Å².